The van der Waals surface area contributed by atoms with Crippen molar-refractivity contribution in [1.82, 2.24) is 20.8 Å². The maximum atomic E-state index is 5.29. The molecule has 1 aromatic carbocycles. The van der Waals surface area contributed by atoms with Gasteiger partial charge in [-0.15, -0.1) is 24.0 Å². The summed E-state index contributed by atoms with van der Waals surface area (Å²) in [5.41, 5.74) is 1.28. The summed E-state index contributed by atoms with van der Waals surface area (Å²) in [6.45, 7) is 9.68. The van der Waals surface area contributed by atoms with Crippen molar-refractivity contribution in [3.8, 4) is 0 Å². The number of guanidine groups is 1. The highest BCUT2D eigenvalue weighted by Gasteiger charge is 2.23. The summed E-state index contributed by atoms with van der Waals surface area (Å²) in [6.07, 6.45) is 1.75. The Morgan fingerprint density at radius 2 is 2.11 bits per heavy atom. The Kier molecular flexibility index (Phi) is 9.01. The van der Waals surface area contributed by atoms with Gasteiger partial charge in [-0.05, 0) is 25.5 Å². The van der Waals surface area contributed by atoms with E-state index in [1.165, 1.54) is 5.69 Å². The van der Waals surface area contributed by atoms with Crippen molar-refractivity contribution in [2.45, 2.75) is 45.6 Å². The summed E-state index contributed by atoms with van der Waals surface area (Å²) in [6, 6.07) is 10.9. The number of hydrogen-bond acceptors (Lipinski definition) is 5. The van der Waals surface area contributed by atoms with E-state index in [1.54, 1.807) is 0 Å². The minimum Gasteiger partial charge on any atom is -0.369 e. The lowest BCUT2D eigenvalue weighted by Crippen LogP contribution is -2.44. The Morgan fingerprint density at radius 1 is 1.32 bits per heavy atom. The Bertz CT molecular complexity index is 733. The lowest BCUT2D eigenvalue weighted by molar-refractivity contribution is 0.372. The summed E-state index contributed by atoms with van der Waals surface area (Å²) in [5, 5.41) is 10.9. The first-order valence-corrected chi connectivity index (χ1v) is 9.83. The van der Waals surface area contributed by atoms with Crippen LogP contribution in [0.1, 0.15) is 44.8 Å². The van der Waals surface area contributed by atoms with E-state index in [4.69, 9.17) is 4.52 Å². The molecule has 1 fully saturated rings. The maximum Gasteiger partial charge on any atom is 0.228 e. The third-order valence-corrected chi connectivity index (χ3v) is 4.59. The molecule has 0 amide bonds. The fourth-order valence-corrected chi connectivity index (χ4v) is 3.13. The van der Waals surface area contributed by atoms with Crippen molar-refractivity contribution < 1.29 is 4.52 Å². The van der Waals surface area contributed by atoms with Gasteiger partial charge in [0.15, 0.2) is 11.8 Å². The van der Waals surface area contributed by atoms with Gasteiger partial charge < -0.3 is 20.1 Å². The van der Waals surface area contributed by atoms with Gasteiger partial charge in [-0.1, -0.05) is 37.2 Å². The summed E-state index contributed by atoms with van der Waals surface area (Å²) >= 11 is 0. The topological polar surface area (TPSA) is 78.6 Å². The van der Waals surface area contributed by atoms with E-state index >= 15 is 0 Å². The monoisotopic (exact) mass is 498 g/mol. The zero-order valence-electron chi connectivity index (χ0n) is 16.9. The molecule has 1 saturated heterocycles. The van der Waals surface area contributed by atoms with Gasteiger partial charge in [0.05, 0.1) is 6.54 Å². The average Bonchev–Trinajstić information content (AvgIpc) is 3.32. The molecule has 2 heterocycles. The number of nitrogens with zero attached hydrogens (tertiary/aromatic N) is 4. The van der Waals surface area contributed by atoms with Crippen molar-refractivity contribution in [3.05, 3.63) is 42.0 Å². The second-order valence-corrected chi connectivity index (χ2v) is 7.12. The molecule has 1 aliphatic heterocycles. The average molecular weight is 498 g/mol. The smallest absolute Gasteiger partial charge is 0.228 e. The van der Waals surface area contributed by atoms with E-state index in [9.17, 15) is 0 Å². The minimum absolute atomic E-state index is 0. The molecule has 1 aliphatic rings. The molecule has 28 heavy (non-hydrogen) atoms. The lowest BCUT2D eigenvalue weighted by Gasteiger charge is -2.20. The van der Waals surface area contributed by atoms with Gasteiger partial charge in [-0.2, -0.15) is 4.98 Å². The number of para-hydroxylation sites is 1. The molecule has 2 aromatic rings. The van der Waals surface area contributed by atoms with E-state index in [0.29, 0.717) is 24.9 Å². The van der Waals surface area contributed by atoms with Crippen LogP contribution >= 0.6 is 24.0 Å². The van der Waals surface area contributed by atoms with Gasteiger partial charge in [-0.3, -0.25) is 4.99 Å². The Morgan fingerprint density at radius 3 is 2.79 bits per heavy atom. The van der Waals surface area contributed by atoms with Gasteiger partial charge in [-0.25, -0.2) is 0 Å². The molecule has 1 atom stereocenters. The molecule has 0 bridgehead atoms. The third kappa shape index (κ3) is 6.35. The van der Waals surface area contributed by atoms with Crippen LogP contribution in [0.2, 0.25) is 0 Å². The van der Waals surface area contributed by atoms with E-state index in [-0.39, 0.29) is 29.9 Å². The maximum absolute atomic E-state index is 5.29. The van der Waals surface area contributed by atoms with Gasteiger partial charge >= 0.3 is 0 Å². The highest BCUT2D eigenvalue weighted by Crippen LogP contribution is 2.19. The Balaban J connectivity index is 0.00000280. The van der Waals surface area contributed by atoms with Crippen LogP contribution in [0, 0.1) is 0 Å². The van der Waals surface area contributed by atoms with E-state index in [2.05, 4.69) is 81.8 Å². The van der Waals surface area contributed by atoms with E-state index in [1.807, 2.05) is 0 Å². The van der Waals surface area contributed by atoms with Gasteiger partial charge in [0.25, 0.3) is 0 Å². The standard InChI is InChI=1S/C20H30N6O.HI/c1-4-21-20(22-12-10-18-24-19(15(2)3)25-27-18)23-16-11-13-26(14-16)17-8-6-5-7-9-17;/h5-9,15-16H,4,10-14H2,1-3H3,(H2,21,22,23);1H. The third-order valence-electron chi connectivity index (χ3n) is 4.59. The van der Waals surface area contributed by atoms with Crippen LogP contribution in [0.4, 0.5) is 5.69 Å². The zero-order valence-corrected chi connectivity index (χ0v) is 19.2. The van der Waals surface area contributed by atoms with Crippen LogP contribution in [-0.2, 0) is 6.42 Å². The highest BCUT2D eigenvalue weighted by molar-refractivity contribution is 14.0. The van der Waals surface area contributed by atoms with Crippen LogP contribution < -0.4 is 15.5 Å². The van der Waals surface area contributed by atoms with Gasteiger partial charge in [0, 0.05) is 43.7 Å². The number of aromatic nitrogens is 2. The first kappa shape index (κ1) is 22.4. The number of rotatable bonds is 7. The quantitative estimate of drug-likeness (QED) is 0.347. The molecular weight excluding hydrogens is 467 g/mol. The summed E-state index contributed by atoms with van der Waals surface area (Å²) in [7, 11) is 0. The fraction of sp³-hybridized carbons (Fsp3) is 0.550. The van der Waals surface area contributed by atoms with Crippen molar-refractivity contribution in [1.29, 1.82) is 0 Å². The highest BCUT2D eigenvalue weighted by atomic mass is 127. The normalized spacial score (nSPS) is 16.9. The molecule has 3 rings (SSSR count). The predicted octanol–water partition coefficient (Wildman–Crippen LogP) is 3.19. The second-order valence-electron chi connectivity index (χ2n) is 7.12. The first-order chi connectivity index (χ1) is 13.2. The lowest BCUT2D eigenvalue weighted by atomic mass is 10.2. The van der Waals surface area contributed by atoms with Crippen molar-refractivity contribution in [3.63, 3.8) is 0 Å². The van der Waals surface area contributed by atoms with Crippen LogP contribution in [-0.4, -0.2) is 48.3 Å². The number of anilines is 1. The summed E-state index contributed by atoms with van der Waals surface area (Å²) in [5.74, 6) is 2.53. The first-order valence-electron chi connectivity index (χ1n) is 9.83. The Labute approximate surface area is 184 Å². The number of benzene rings is 1. The summed E-state index contributed by atoms with van der Waals surface area (Å²) < 4.78 is 5.29. The van der Waals surface area contributed by atoms with Crippen molar-refractivity contribution in [2.75, 3.05) is 31.1 Å². The second kappa shape index (κ2) is 11.2. The van der Waals surface area contributed by atoms with Crippen LogP contribution in [0.5, 0.6) is 0 Å². The largest absolute Gasteiger partial charge is 0.369 e. The van der Waals surface area contributed by atoms with Crippen LogP contribution in [0.15, 0.2) is 39.8 Å². The molecule has 2 N–H and O–H groups in total. The molecule has 1 aromatic heterocycles. The summed E-state index contributed by atoms with van der Waals surface area (Å²) in [4.78, 5) is 11.5. The van der Waals surface area contributed by atoms with Crippen molar-refractivity contribution >= 4 is 35.6 Å². The molecule has 154 valence electrons. The fourth-order valence-electron chi connectivity index (χ4n) is 3.13. The predicted molar refractivity (Wildman–Crippen MR) is 124 cm³/mol. The van der Waals surface area contributed by atoms with Gasteiger partial charge in [0.1, 0.15) is 0 Å². The molecule has 0 radical (unpaired) electrons. The van der Waals surface area contributed by atoms with Crippen molar-refractivity contribution in [2.24, 2.45) is 4.99 Å². The number of aliphatic imine (C=N–C) groups is 1. The molecule has 1 unspecified atom stereocenters. The molecule has 8 heteroatoms. The van der Waals surface area contributed by atoms with Gasteiger partial charge in [0.2, 0.25) is 5.89 Å². The molecule has 0 aliphatic carbocycles. The van der Waals surface area contributed by atoms with Crippen LogP contribution in [0.25, 0.3) is 0 Å². The zero-order chi connectivity index (χ0) is 19.1. The SMILES string of the molecule is CCNC(=NCCc1nc(C(C)C)no1)NC1CCN(c2ccccc2)C1.I. The number of hydrogen-bond donors (Lipinski definition) is 2. The molecule has 7 nitrogen and oxygen atoms in total. The molecular formula is C20H31IN6O. The van der Waals surface area contributed by atoms with E-state index < -0.39 is 0 Å². The molecule has 0 spiro atoms. The van der Waals surface area contributed by atoms with E-state index in [0.717, 1.165) is 37.8 Å². The minimum atomic E-state index is 0. The Hall–Kier alpha value is -1.84. The number of nitrogens with one attached hydrogen (secondary N) is 2. The molecule has 0 saturated carbocycles. The van der Waals surface area contributed by atoms with Crippen LogP contribution in [0.3, 0.4) is 0 Å². The number of halogens is 1.